The topological polar surface area (TPSA) is 108 Å². The summed E-state index contributed by atoms with van der Waals surface area (Å²) in [5.74, 6) is -2.07. The van der Waals surface area contributed by atoms with E-state index < -0.39 is 24.3 Å². The predicted octanol–water partition coefficient (Wildman–Crippen LogP) is 24.3. The van der Waals surface area contributed by atoms with Crippen LogP contribution in [0.25, 0.3) is 0 Å². The van der Waals surface area contributed by atoms with Gasteiger partial charge >= 0.3 is 17.9 Å². The average molecular weight is 1290 g/mol. The third-order valence-corrected chi connectivity index (χ3v) is 16.1. The number of nitrogens with zero attached hydrogens (tertiary/aromatic N) is 1. The van der Waals surface area contributed by atoms with E-state index in [1.54, 1.807) is 0 Å². The Morgan fingerprint density at radius 3 is 0.935 bits per heavy atom. The molecule has 0 aliphatic carbocycles. The maximum absolute atomic E-state index is 12.9. The Morgan fingerprint density at radius 1 is 0.333 bits per heavy atom. The van der Waals surface area contributed by atoms with Crippen molar-refractivity contribution in [2.75, 3.05) is 47.5 Å². The van der Waals surface area contributed by atoms with Crippen LogP contribution in [0.15, 0.2) is 146 Å². The molecule has 0 aliphatic heterocycles. The molecular weight excluding hydrogens is 1150 g/mol. The Hall–Kier alpha value is -4.83. The molecule has 0 radical (unpaired) electrons. The largest absolute Gasteiger partial charge is 0.477 e. The molecule has 0 spiro atoms. The van der Waals surface area contributed by atoms with Crippen molar-refractivity contribution in [1.82, 2.24) is 0 Å². The van der Waals surface area contributed by atoms with Gasteiger partial charge in [-0.1, -0.05) is 320 Å². The Labute approximate surface area is 572 Å². The van der Waals surface area contributed by atoms with Crippen LogP contribution in [0.5, 0.6) is 0 Å². The molecule has 93 heavy (non-hydrogen) atoms. The van der Waals surface area contributed by atoms with Gasteiger partial charge in [0.25, 0.3) is 6.29 Å². The van der Waals surface area contributed by atoms with Crippen LogP contribution in [-0.4, -0.2) is 87.4 Å². The minimum Gasteiger partial charge on any atom is -0.477 e. The Morgan fingerprint density at radius 2 is 0.613 bits per heavy atom. The summed E-state index contributed by atoms with van der Waals surface area (Å²) in [7, 11) is 5.96. The van der Waals surface area contributed by atoms with Crippen LogP contribution in [0.2, 0.25) is 0 Å². The number of hydrogen-bond acceptors (Lipinski definition) is 7. The average Bonchev–Trinajstić information content (AvgIpc) is 3.74. The number of carbonyl (C=O) groups is 3. The number of rotatable bonds is 69. The number of carboxylic acid groups (broad SMARTS) is 1. The smallest absolute Gasteiger partial charge is 0.361 e. The normalized spacial score (nSPS) is 13.5. The molecule has 9 heteroatoms. The highest BCUT2D eigenvalue weighted by atomic mass is 16.7. The molecule has 530 valence electrons. The fraction of sp³-hybridized carbons (Fsp3) is 0.679. The maximum atomic E-state index is 12.9. The molecule has 0 saturated carbocycles. The lowest BCUT2D eigenvalue weighted by atomic mass is 10.0. The zero-order chi connectivity index (χ0) is 67.5. The number of quaternary nitrogens is 1. The highest BCUT2D eigenvalue weighted by Crippen LogP contribution is 2.17. The highest BCUT2D eigenvalue weighted by Gasteiger charge is 2.25. The number of carboxylic acids is 1. The summed E-state index contributed by atoms with van der Waals surface area (Å²) >= 11 is 0. The fourth-order valence-electron chi connectivity index (χ4n) is 10.3. The summed E-state index contributed by atoms with van der Waals surface area (Å²) in [6.07, 6.45) is 104. The predicted molar refractivity (Wildman–Crippen MR) is 400 cm³/mol. The van der Waals surface area contributed by atoms with Gasteiger partial charge in [0.1, 0.15) is 13.2 Å². The first-order chi connectivity index (χ1) is 45.6. The summed E-state index contributed by atoms with van der Waals surface area (Å²) in [5, 5.41) is 9.76. The van der Waals surface area contributed by atoms with E-state index in [1.807, 2.05) is 21.1 Å². The Balaban J connectivity index is 4.16. The third kappa shape index (κ3) is 74.4. The van der Waals surface area contributed by atoms with E-state index in [2.05, 4.69) is 160 Å². The molecule has 0 aliphatic rings. The van der Waals surface area contributed by atoms with Crippen LogP contribution in [0.4, 0.5) is 0 Å². The van der Waals surface area contributed by atoms with Crippen molar-refractivity contribution in [3.05, 3.63) is 146 Å². The van der Waals surface area contributed by atoms with E-state index in [1.165, 1.54) is 173 Å². The van der Waals surface area contributed by atoms with Gasteiger partial charge in [0.05, 0.1) is 34.4 Å². The second-order valence-electron chi connectivity index (χ2n) is 26.2. The zero-order valence-electron chi connectivity index (χ0n) is 60.6. The van der Waals surface area contributed by atoms with E-state index in [-0.39, 0.29) is 38.6 Å². The molecule has 0 fully saturated rings. The molecule has 0 aromatic rings. The molecule has 0 aromatic carbocycles. The lowest BCUT2D eigenvalue weighted by Gasteiger charge is -2.25. The lowest BCUT2D eigenvalue weighted by molar-refractivity contribution is -0.870. The number of esters is 2. The summed E-state index contributed by atoms with van der Waals surface area (Å²) in [5.41, 5.74) is 0. The number of allylic oxidation sites excluding steroid dienone is 24. The summed E-state index contributed by atoms with van der Waals surface area (Å²) < 4.78 is 22.9. The maximum Gasteiger partial charge on any atom is 0.361 e. The molecule has 9 nitrogen and oxygen atoms in total. The van der Waals surface area contributed by atoms with Gasteiger partial charge < -0.3 is 28.5 Å². The van der Waals surface area contributed by atoms with Crippen molar-refractivity contribution in [2.24, 2.45) is 0 Å². The number of likely N-dealkylation sites (N-methyl/N-ethyl adjacent to an activating group) is 1. The molecule has 0 bridgehead atoms. The molecule has 2 atom stereocenters. The van der Waals surface area contributed by atoms with Crippen LogP contribution >= 0.6 is 0 Å². The van der Waals surface area contributed by atoms with E-state index in [9.17, 15) is 19.5 Å². The van der Waals surface area contributed by atoms with Gasteiger partial charge in [-0.3, -0.25) is 9.59 Å². The van der Waals surface area contributed by atoms with Gasteiger partial charge in [0, 0.05) is 12.8 Å². The number of carbonyl (C=O) groups excluding carboxylic acids is 2. The van der Waals surface area contributed by atoms with Gasteiger partial charge in [-0.15, -0.1) is 0 Å². The SMILES string of the molecule is CC/C=C\C/C=C\C/C=C\C/C=C\C/C=C\C/C=C\C/C=C\C/C=C\C/C=C\C/C=C\CCCCC(=O)OC(COC(=O)CCCCCCCCCCCCCCCCCCCCCCCCC/C=C\C/C=C\CCCCCCC)COC(OCC[N+](C)(C)C)C(=O)O. The first-order valence-electron chi connectivity index (χ1n) is 38.0. The molecule has 0 aromatic heterocycles. The van der Waals surface area contributed by atoms with Crippen LogP contribution in [0.3, 0.4) is 0 Å². The van der Waals surface area contributed by atoms with Crippen LogP contribution in [0, 0.1) is 0 Å². The van der Waals surface area contributed by atoms with Gasteiger partial charge in [-0.05, 0) is 122 Å². The Kier molecular flexibility index (Phi) is 69.2. The number of hydrogen-bond donors (Lipinski definition) is 1. The van der Waals surface area contributed by atoms with Gasteiger partial charge in [-0.25, -0.2) is 4.79 Å². The molecule has 0 saturated heterocycles. The van der Waals surface area contributed by atoms with E-state index in [0.29, 0.717) is 17.4 Å². The second-order valence-corrected chi connectivity index (χ2v) is 26.2. The Bertz CT molecular complexity index is 2040. The van der Waals surface area contributed by atoms with Crippen molar-refractivity contribution in [3.8, 4) is 0 Å². The molecule has 0 rings (SSSR count). The molecular formula is C84H142NO8+. The summed E-state index contributed by atoms with van der Waals surface area (Å²) in [4.78, 5) is 37.7. The molecule has 2 unspecified atom stereocenters. The van der Waals surface area contributed by atoms with Gasteiger partial charge in [0.15, 0.2) is 6.10 Å². The summed E-state index contributed by atoms with van der Waals surface area (Å²) in [6, 6.07) is 0. The van der Waals surface area contributed by atoms with Crippen molar-refractivity contribution in [2.45, 2.75) is 322 Å². The number of unbranched alkanes of at least 4 members (excludes halogenated alkanes) is 30. The van der Waals surface area contributed by atoms with E-state index in [4.69, 9.17) is 18.9 Å². The highest BCUT2D eigenvalue weighted by molar-refractivity contribution is 5.71. The van der Waals surface area contributed by atoms with Crippen molar-refractivity contribution < 1.29 is 42.9 Å². The third-order valence-electron chi connectivity index (χ3n) is 16.1. The monoisotopic (exact) mass is 1290 g/mol. The van der Waals surface area contributed by atoms with Gasteiger partial charge in [-0.2, -0.15) is 0 Å². The van der Waals surface area contributed by atoms with Crippen LogP contribution in [-0.2, 0) is 33.3 Å². The van der Waals surface area contributed by atoms with E-state index >= 15 is 0 Å². The van der Waals surface area contributed by atoms with Crippen molar-refractivity contribution in [1.29, 1.82) is 0 Å². The second kappa shape index (κ2) is 73.0. The summed E-state index contributed by atoms with van der Waals surface area (Å²) in [6.45, 7) is 4.71. The minimum absolute atomic E-state index is 0.173. The molecule has 1 N–H and O–H groups in total. The first kappa shape index (κ1) is 88.2. The lowest BCUT2D eigenvalue weighted by Crippen LogP contribution is -2.40. The minimum atomic E-state index is -1.53. The van der Waals surface area contributed by atoms with Crippen molar-refractivity contribution in [3.63, 3.8) is 0 Å². The number of ether oxygens (including phenoxy) is 4. The van der Waals surface area contributed by atoms with Crippen molar-refractivity contribution >= 4 is 17.9 Å². The molecule has 0 amide bonds. The van der Waals surface area contributed by atoms with Crippen LogP contribution in [0.1, 0.15) is 309 Å². The zero-order valence-corrected chi connectivity index (χ0v) is 60.6. The van der Waals surface area contributed by atoms with Gasteiger partial charge in [0.2, 0.25) is 0 Å². The molecule has 0 heterocycles. The quantitative estimate of drug-likeness (QED) is 0.0211. The fourth-order valence-corrected chi connectivity index (χ4v) is 10.3. The first-order valence-corrected chi connectivity index (χ1v) is 38.0. The number of aliphatic carboxylic acids is 1. The standard InChI is InChI=1S/C84H141NO8/c1-6-8-10-12-14-16-18-20-22-24-26-28-30-32-34-36-38-40-41-43-44-46-48-50-52-54-56-58-60-62-64-66-68-70-72-74-81(86)91-78-80(79-92-84(83(88)89)90-77-76-85(3,4)5)93-82(87)75-73-71-69-67-65-63-61-59-57-55-53-51-49-47-45-42-39-37-35-33-31-29-27-25-23-21-19-17-15-13-11-9-7-2/h9,11,15,17-18,20-21,23-24,26-27,29,33,35,39,42,47,49,53,55,59,61,65,67,80,84H,6-8,10,12-14,16,19,22,25,28,30-32,34,36-38,40-41,43-46,48,50-52,54,56-58,60,62-64,66,68-79H2,1-5H3/p+1/b11-9-,17-15-,20-18-,23-21-,26-24-,29-27-,35-33-,42-39-,49-47-,55-53-,61-59-,67-65-. The van der Waals surface area contributed by atoms with Crippen LogP contribution < -0.4 is 0 Å². The van der Waals surface area contributed by atoms with E-state index in [0.717, 1.165) is 103 Å².